The molecule has 1 aromatic heterocycles. The molecule has 0 aliphatic heterocycles. The quantitative estimate of drug-likeness (QED) is 0.859. The fourth-order valence-corrected chi connectivity index (χ4v) is 3.93. The van der Waals surface area contributed by atoms with Crippen LogP contribution in [-0.2, 0) is 6.42 Å². The second-order valence-corrected chi connectivity index (χ2v) is 7.71. The predicted octanol–water partition coefficient (Wildman–Crippen LogP) is 4.38. The van der Waals surface area contributed by atoms with E-state index in [1.165, 1.54) is 4.88 Å². The molecule has 0 radical (unpaired) electrons. The summed E-state index contributed by atoms with van der Waals surface area (Å²) in [6, 6.07) is 2.13. The van der Waals surface area contributed by atoms with Crippen LogP contribution in [0.4, 0.5) is 0 Å². The van der Waals surface area contributed by atoms with Gasteiger partial charge in [0, 0.05) is 21.2 Å². The van der Waals surface area contributed by atoms with Gasteiger partial charge in [0.1, 0.15) is 0 Å². The van der Waals surface area contributed by atoms with Crippen LogP contribution in [0.1, 0.15) is 44.4 Å². The molecule has 0 bridgehead atoms. The standard InChI is InChI=1S/C13H19BrOS/c1-12(2)3-5-13(15,6-4-12)8-11-7-10(14)9-16-11/h7,9,15H,3-6,8H2,1-2H3. The third kappa shape index (κ3) is 3.08. The van der Waals surface area contributed by atoms with Crippen molar-refractivity contribution in [2.45, 2.75) is 51.6 Å². The molecule has 0 saturated heterocycles. The molecule has 0 aromatic carbocycles. The fourth-order valence-electron chi connectivity index (χ4n) is 2.34. The molecule has 1 aromatic rings. The van der Waals surface area contributed by atoms with Gasteiger partial charge in [0.05, 0.1) is 5.60 Å². The van der Waals surface area contributed by atoms with Gasteiger partial charge in [-0.3, -0.25) is 0 Å². The van der Waals surface area contributed by atoms with E-state index in [2.05, 4.69) is 41.2 Å². The maximum absolute atomic E-state index is 10.6. The number of halogens is 1. The Kier molecular flexibility index (Phi) is 3.49. The largest absolute Gasteiger partial charge is 0.390 e. The average Bonchev–Trinajstić information content (AvgIpc) is 2.58. The lowest BCUT2D eigenvalue weighted by atomic mass is 9.70. The van der Waals surface area contributed by atoms with Crippen LogP contribution < -0.4 is 0 Å². The van der Waals surface area contributed by atoms with Gasteiger partial charge in [0.2, 0.25) is 0 Å². The smallest absolute Gasteiger partial charge is 0.0696 e. The van der Waals surface area contributed by atoms with E-state index in [1.807, 2.05) is 0 Å². The van der Waals surface area contributed by atoms with E-state index >= 15 is 0 Å². The van der Waals surface area contributed by atoms with Crippen molar-refractivity contribution in [1.29, 1.82) is 0 Å². The molecular weight excluding hydrogens is 284 g/mol. The minimum absolute atomic E-state index is 0.419. The third-order valence-corrected chi connectivity index (χ3v) is 5.36. The average molecular weight is 303 g/mol. The molecule has 0 spiro atoms. The highest BCUT2D eigenvalue weighted by Gasteiger charge is 2.36. The Bertz CT molecular complexity index is 360. The zero-order valence-electron chi connectivity index (χ0n) is 9.92. The topological polar surface area (TPSA) is 20.2 Å². The molecule has 1 heterocycles. The van der Waals surface area contributed by atoms with Crippen molar-refractivity contribution in [2.75, 3.05) is 0 Å². The Hall–Kier alpha value is 0.140. The molecule has 16 heavy (non-hydrogen) atoms. The maximum Gasteiger partial charge on any atom is 0.0696 e. The van der Waals surface area contributed by atoms with E-state index in [0.29, 0.717) is 5.41 Å². The summed E-state index contributed by atoms with van der Waals surface area (Å²) in [6.07, 6.45) is 4.97. The lowest BCUT2D eigenvalue weighted by Crippen LogP contribution is -2.38. The van der Waals surface area contributed by atoms with Gasteiger partial charge >= 0.3 is 0 Å². The molecule has 1 aliphatic rings. The molecule has 1 fully saturated rings. The zero-order valence-corrected chi connectivity index (χ0v) is 12.3. The lowest BCUT2D eigenvalue weighted by molar-refractivity contribution is -0.0245. The number of rotatable bonds is 2. The Balaban J connectivity index is 1.99. The SMILES string of the molecule is CC1(C)CCC(O)(Cc2cc(Br)cs2)CC1. The van der Waals surface area contributed by atoms with Gasteiger partial charge in [-0.05, 0) is 53.1 Å². The summed E-state index contributed by atoms with van der Waals surface area (Å²) in [5.74, 6) is 0. The van der Waals surface area contributed by atoms with E-state index in [0.717, 1.165) is 36.6 Å². The van der Waals surface area contributed by atoms with Crippen molar-refractivity contribution in [3.05, 3.63) is 20.8 Å². The molecule has 1 saturated carbocycles. The van der Waals surface area contributed by atoms with Crippen molar-refractivity contribution in [3.8, 4) is 0 Å². The first-order chi connectivity index (χ1) is 7.39. The van der Waals surface area contributed by atoms with Crippen LogP contribution in [0.3, 0.4) is 0 Å². The van der Waals surface area contributed by atoms with Crippen LogP contribution in [0, 0.1) is 5.41 Å². The molecule has 0 atom stereocenters. The second-order valence-electron chi connectivity index (χ2n) is 5.80. The molecular formula is C13H19BrOS. The predicted molar refractivity (Wildman–Crippen MR) is 72.9 cm³/mol. The van der Waals surface area contributed by atoms with Crippen molar-refractivity contribution in [2.24, 2.45) is 5.41 Å². The molecule has 0 amide bonds. The Labute approximate surface area is 110 Å². The van der Waals surface area contributed by atoms with Crippen molar-refractivity contribution in [1.82, 2.24) is 0 Å². The summed E-state index contributed by atoms with van der Waals surface area (Å²) in [5.41, 5.74) is -0.0396. The van der Waals surface area contributed by atoms with Crippen molar-refractivity contribution >= 4 is 27.3 Å². The van der Waals surface area contributed by atoms with E-state index in [-0.39, 0.29) is 0 Å². The normalized spacial score (nSPS) is 23.2. The highest BCUT2D eigenvalue weighted by atomic mass is 79.9. The van der Waals surface area contributed by atoms with Crippen LogP contribution in [0.2, 0.25) is 0 Å². The number of aliphatic hydroxyl groups is 1. The summed E-state index contributed by atoms with van der Waals surface area (Å²) < 4.78 is 1.13. The van der Waals surface area contributed by atoms with Gasteiger partial charge in [0.15, 0.2) is 0 Å². The number of thiophene rings is 1. The monoisotopic (exact) mass is 302 g/mol. The number of hydrogen-bond acceptors (Lipinski definition) is 2. The first-order valence-electron chi connectivity index (χ1n) is 5.84. The molecule has 1 aliphatic carbocycles. The third-order valence-electron chi connectivity index (χ3n) is 3.66. The van der Waals surface area contributed by atoms with Crippen molar-refractivity contribution < 1.29 is 5.11 Å². The van der Waals surface area contributed by atoms with Crippen LogP contribution >= 0.6 is 27.3 Å². The minimum Gasteiger partial charge on any atom is -0.390 e. The summed E-state index contributed by atoms with van der Waals surface area (Å²) in [5, 5.41) is 12.6. The zero-order chi connectivity index (χ0) is 11.8. The van der Waals surface area contributed by atoms with Crippen LogP contribution in [0.15, 0.2) is 15.9 Å². The summed E-state index contributed by atoms with van der Waals surface area (Å²) in [7, 11) is 0. The molecule has 2 rings (SSSR count). The second kappa shape index (κ2) is 4.43. The van der Waals surface area contributed by atoms with Gasteiger partial charge in [-0.1, -0.05) is 13.8 Å². The summed E-state index contributed by atoms with van der Waals surface area (Å²) in [6.45, 7) is 4.60. The first kappa shape index (κ1) is 12.6. The van der Waals surface area contributed by atoms with E-state index < -0.39 is 5.60 Å². The van der Waals surface area contributed by atoms with E-state index in [4.69, 9.17) is 0 Å². The minimum atomic E-state index is -0.459. The van der Waals surface area contributed by atoms with E-state index in [9.17, 15) is 5.11 Å². The van der Waals surface area contributed by atoms with Crippen molar-refractivity contribution in [3.63, 3.8) is 0 Å². The molecule has 3 heteroatoms. The van der Waals surface area contributed by atoms with Crippen LogP contribution in [0.25, 0.3) is 0 Å². The highest BCUT2D eigenvalue weighted by Crippen LogP contribution is 2.42. The van der Waals surface area contributed by atoms with Gasteiger partial charge in [-0.2, -0.15) is 0 Å². The van der Waals surface area contributed by atoms with Crippen LogP contribution in [-0.4, -0.2) is 10.7 Å². The number of hydrogen-bond donors (Lipinski definition) is 1. The molecule has 1 nitrogen and oxygen atoms in total. The lowest BCUT2D eigenvalue weighted by Gasteiger charge is -2.40. The first-order valence-corrected chi connectivity index (χ1v) is 7.51. The van der Waals surface area contributed by atoms with E-state index in [1.54, 1.807) is 11.3 Å². The maximum atomic E-state index is 10.6. The van der Waals surface area contributed by atoms with Gasteiger partial charge in [0.25, 0.3) is 0 Å². The Morgan fingerprint density at radius 1 is 1.31 bits per heavy atom. The Morgan fingerprint density at radius 2 is 1.94 bits per heavy atom. The summed E-state index contributed by atoms with van der Waals surface area (Å²) >= 11 is 5.20. The molecule has 1 N–H and O–H groups in total. The van der Waals surface area contributed by atoms with Gasteiger partial charge < -0.3 is 5.11 Å². The van der Waals surface area contributed by atoms with Crippen LogP contribution in [0.5, 0.6) is 0 Å². The fraction of sp³-hybridized carbons (Fsp3) is 0.692. The molecule has 0 unspecified atom stereocenters. The Morgan fingerprint density at radius 3 is 2.44 bits per heavy atom. The van der Waals surface area contributed by atoms with Gasteiger partial charge in [-0.15, -0.1) is 11.3 Å². The van der Waals surface area contributed by atoms with Gasteiger partial charge in [-0.25, -0.2) is 0 Å². The summed E-state index contributed by atoms with van der Waals surface area (Å²) in [4.78, 5) is 1.29. The molecule has 90 valence electrons. The highest BCUT2D eigenvalue weighted by molar-refractivity contribution is 9.10.